The number of nitrogens with zero attached hydrogens (tertiary/aromatic N) is 8. The van der Waals surface area contributed by atoms with E-state index in [1.807, 2.05) is 26.0 Å². The first-order chi connectivity index (χ1) is 19.6. The molecule has 13 heteroatoms. The Bertz CT molecular complexity index is 1750. The normalized spacial score (nSPS) is 17.3. The molecule has 1 unspecified atom stereocenters. The highest BCUT2D eigenvalue weighted by molar-refractivity contribution is 5.75. The summed E-state index contributed by atoms with van der Waals surface area (Å²) in [4.78, 5) is 39.0. The van der Waals surface area contributed by atoms with Crippen molar-refractivity contribution < 1.29 is 17.9 Å². The molecule has 4 aromatic heterocycles. The van der Waals surface area contributed by atoms with Gasteiger partial charge in [-0.3, -0.25) is 9.36 Å². The van der Waals surface area contributed by atoms with Gasteiger partial charge in [-0.2, -0.15) is 13.2 Å². The SMILES string of the molecule is COc1ncnc(C2CC2)c1-c1ncc2ncc(=O)n(CC3C=CC(c4nc(C(F)(F)F)cn4C(C)C)=CC3)c2n1. The number of alkyl halides is 3. The number of imidazole rings is 1. The van der Waals surface area contributed by atoms with Crippen LogP contribution in [0.1, 0.15) is 62.3 Å². The summed E-state index contributed by atoms with van der Waals surface area (Å²) in [6.07, 6.45) is 8.79. The van der Waals surface area contributed by atoms with Crippen molar-refractivity contribution >= 4 is 16.7 Å². The van der Waals surface area contributed by atoms with Crippen molar-refractivity contribution in [2.24, 2.45) is 5.92 Å². The molecular formula is C28H27F3N8O2. The molecule has 2 aliphatic carbocycles. The molecule has 6 rings (SSSR count). The first-order valence-electron chi connectivity index (χ1n) is 13.3. The molecule has 0 N–H and O–H groups in total. The van der Waals surface area contributed by atoms with E-state index in [4.69, 9.17) is 9.72 Å². The van der Waals surface area contributed by atoms with Gasteiger partial charge in [0.25, 0.3) is 5.56 Å². The zero-order chi connectivity index (χ0) is 28.9. The van der Waals surface area contributed by atoms with Gasteiger partial charge in [0, 0.05) is 30.3 Å². The number of rotatable bonds is 7. The van der Waals surface area contributed by atoms with Gasteiger partial charge < -0.3 is 9.30 Å². The average molecular weight is 565 g/mol. The summed E-state index contributed by atoms with van der Waals surface area (Å²) in [6.45, 7) is 3.91. The number of hydrogen-bond donors (Lipinski definition) is 0. The van der Waals surface area contributed by atoms with E-state index < -0.39 is 11.9 Å². The lowest BCUT2D eigenvalue weighted by atomic mass is 9.96. The lowest BCUT2D eigenvalue weighted by Crippen LogP contribution is -2.25. The lowest BCUT2D eigenvalue weighted by Gasteiger charge is -2.19. The van der Waals surface area contributed by atoms with E-state index in [1.165, 1.54) is 24.2 Å². The van der Waals surface area contributed by atoms with Gasteiger partial charge in [0.05, 0.1) is 25.2 Å². The second-order valence-electron chi connectivity index (χ2n) is 10.5. The Kier molecular flexibility index (Phi) is 6.66. The first kappa shape index (κ1) is 26.8. The summed E-state index contributed by atoms with van der Waals surface area (Å²) < 4.78 is 48.6. The van der Waals surface area contributed by atoms with Crippen LogP contribution < -0.4 is 10.3 Å². The van der Waals surface area contributed by atoms with Crippen LogP contribution in [0.2, 0.25) is 0 Å². The third-order valence-corrected chi connectivity index (χ3v) is 7.25. The van der Waals surface area contributed by atoms with E-state index >= 15 is 0 Å². The predicted molar refractivity (Wildman–Crippen MR) is 144 cm³/mol. The van der Waals surface area contributed by atoms with Gasteiger partial charge in [-0.25, -0.2) is 29.9 Å². The molecule has 0 radical (unpaired) electrons. The van der Waals surface area contributed by atoms with Crippen molar-refractivity contribution in [1.29, 1.82) is 0 Å². The third kappa shape index (κ3) is 5.11. The fourth-order valence-corrected chi connectivity index (χ4v) is 5.00. The van der Waals surface area contributed by atoms with Gasteiger partial charge in [-0.1, -0.05) is 18.2 Å². The molecule has 2 aliphatic rings. The molecule has 0 aromatic carbocycles. The highest BCUT2D eigenvalue weighted by Gasteiger charge is 2.35. The van der Waals surface area contributed by atoms with Gasteiger partial charge in [-0.05, 0) is 39.0 Å². The van der Waals surface area contributed by atoms with E-state index in [1.54, 1.807) is 16.8 Å². The number of hydrogen-bond acceptors (Lipinski definition) is 8. The highest BCUT2D eigenvalue weighted by Crippen LogP contribution is 2.44. The summed E-state index contributed by atoms with van der Waals surface area (Å²) in [6, 6.07) is -0.203. The van der Waals surface area contributed by atoms with E-state index in [0.29, 0.717) is 47.0 Å². The molecule has 0 amide bonds. The second-order valence-corrected chi connectivity index (χ2v) is 10.5. The number of halogens is 3. The molecule has 0 saturated heterocycles. The Labute approximate surface area is 232 Å². The molecule has 1 atom stereocenters. The van der Waals surface area contributed by atoms with Gasteiger partial charge in [-0.15, -0.1) is 0 Å². The van der Waals surface area contributed by atoms with Crippen LogP contribution in [-0.2, 0) is 12.7 Å². The van der Waals surface area contributed by atoms with Gasteiger partial charge in [0.1, 0.15) is 23.2 Å². The topological polar surface area (TPSA) is 114 Å². The molecule has 0 aliphatic heterocycles. The number of methoxy groups -OCH3 is 1. The largest absolute Gasteiger partial charge is 0.480 e. The van der Waals surface area contributed by atoms with Gasteiger partial charge >= 0.3 is 6.18 Å². The predicted octanol–water partition coefficient (Wildman–Crippen LogP) is 4.99. The number of fused-ring (bicyclic) bond motifs is 1. The smallest absolute Gasteiger partial charge is 0.434 e. The van der Waals surface area contributed by atoms with Gasteiger partial charge in [0.15, 0.2) is 17.2 Å². The number of ether oxygens (including phenoxy) is 1. The maximum Gasteiger partial charge on any atom is 0.434 e. The van der Waals surface area contributed by atoms with Crippen LogP contribution in [0.25, 0.3) is 28.1 Å². The second kappa shape index (κ2) is 10.2. The molecule has 4 heterocycles. The van der Waals surface area contributed by atoms with Crippen LogP contribution >= 0.6 is 0 Å². The van der Waals surface area contributed by atoms with Crippen molar-refractivity contribution in [2.45, 2.75) is 57.8 Å². The summed E-state index contributed by atoms with van der Waals surface area (Å²) in [7, 11) is 1.52. The van der Waals surface area contributed by atoms with Gasteiger partial charge in [0.2, 0.25) is 5.88 Å². The van der Waals surface area contributed by atoms with Crippen LogP contribution in [0.15, 0.2) is 47.9 Å². The Morgan fingerprint density at radius 3 is 2.56 bits per heavy atom. The molecule has 212 valence electrons. The summed E-state index contributed by atoms with van der Waals surface area (Å²) >= 11 is 0. The number of aromatic nitrogens is 8. The maximum atomic E-state index is 13.4. The van der Waals surface area contributed by atoms with Crippen molar-refractivity contribution in [3.05, 3.63) is 70.7 Å². The third-order valence-electron chi connectivity index (χ3n) is 7.25. The average Bonchev–Trinajstić information content (AvgIpc) is 3.70. The van der Waals surface area contributed by atoms with Crippen LogP contribution in [-0.4, -0.2) is 46.1 Å². The Balaban J connectivity index is 1.32. The molecule has 0 spiro atoms. The Morgan fingerprint density at radius 1 is 1.10 bits per heavy atom. The van der Waals surface area contributed by atoms with Crippen LogP contribution in [0, 0.1) is 5.92 Å². The van der Waals surface area contributed by atoms with Crippen molar-refractivity contribution in [3.63, 3.8) is 0 Å². The minimum Gasteiger partial charge on any atom is -0.480 e. The zero-order valence-corrected chi connectivity index (χ0v) is 22.6. The van der Waals surface area contributed by atoms with Crippen molar-refractivity contribution in [1.82, 2.24) is 39.0 Å². The summed E-state index contributed by atoms with van der Waals surface area (Å²) in [5, 5.41) is 0. The highest BCUT2D eigenvalue weighted by atomic mass is 19.4. The maximum absolute atomic E-state index is 13.4. The molecule has 10 nitrogen and oxygen atoms in total. The number of allylic oxidation sites excluding steroid dienone is 4. The minimum absolute atomic E-state index is 0.110. The molecule has 0 bridgehead atoms. The fraction of sp³-hybridized carbons (Fsp3) is 0.393. The Morgan fingerprint density at radius 2 is 1.90 bits per heavy atom. The van der Waals surface area contributed by atoms with E-state index in [0.717, 1.165) is 24.7 Å². The summed E-state index contributed by atoms with van der Waals surface area (Å²) in [5.74, 6) is 1.14. The van der Waals surface area contributed by atoms with Crippen LogP contribution in [0.4, 0.5) is 13.2 Å². The zero-order valence-electron chi connectivity index (χ0n) is 22.6. The van der Waals surface area contributed by atoms with Crippen LogP contribution in [0.5, 0.6) is 5.88 Å². The first-order valence-corrected chi connectivity index (χ1v) is 13.3. The Hall–Kier alpha value is -4.42. The fourth-order valence-electron chi connectivity index (χ4n) is 5.00. The van der Waals surface area contributed by atoms with E-state index in [9.17, 15) is 18.0 Å². The molecule has 4 aromatic rings. The van der Waals surface area contributed by atoms with Crippen molar-refractivity contribution in [2.75, 3.05) is 7.11 Å². The molecular weight excluding hydrogens is 537 g/mol. The molecule has 1 saturated carbocycles. The van der Waals surface area contributed by atoms with E-state index in [2.05, 4.69) is 24.9 Å². The quantitative estimate of drug-likeness (QED) is 0.309. The monoisotopic (exact) mass is 564 g/mol. The standard InChI is InChI=1S/C28H27F3N8O2/c1-15(2)38-13-20(28(29,30)31)36-25(38)18-6-4-16(5-7-18)12-39-21(40)11-32-19-10-33-24(37-26(19)39)22-23(17-8-9-17)34-14-35-27(22)41-3/h4,6-7,10-11,13-17H,5,8-9,12H2,1-3H3. The summed E-state index contributed by atoms with van der Waals surface area (Å²) in [5.41, 5.74) is 1.59. The van der Waals surface area contributed by atoms with Crippen molar-refractivity contribution in [3.8, 4) is 17.3 Å². The van der Waals surface area contributed by atoms with E-state index in [-0.39, 0.29) is 29.3 Å². The molecule has 1 fully saturated rings. The van der Waals surface area contributed by atoms with Crippen LogP contribution in [0.3, 0.4) is 0 Å². The minimum atomic E-state index is -4.53. The molecule has 41 heavy (non-hydrogen) atoms. The lowest BCUT2D eigenvalue weighted by molar-refractivity contribution is -0.141.